The first-order chi connectivity index (χ1) is 9.69. The molecule has 5 heteroatoms. The van der Waals surface area contributed by atoms with Crippen LogP contribution in [0.5, 0.6) is 5.75 Å². The number of methoxy groups -OCH3 is 1. The van der Waals surface area contributed by atoms with Crippen molar-refractivity contribution in [2.75, 3.05) is 12.5 Å². The van der Waals surface area contributed by atoms with Crippen molar-refractivity contribution in [2.45, 2.75) is 0 Å². The molecule has 0 spiro atoms. The number of anilines is 1. The van der Waals surface area contributed by atoms with Crippen molar-refractivity contribution in [1.82, 2.24) is 0 Å². The van der Waals surface area contributed by atoms with Crippen molar-refractivity contribution in [1.29, 1.82) is 0 Å². The maximum atomic E-state index is 10.7. The number of hydrogen-bond acceptors (Lipinski definition) is 4. The Morgan fingerprint density at radius 3 is 2.35 bits per heavy atom. The predicted octanol–water partition coefficient (Wildman–Crippen LogP) is 2.84. The molecule has 20 heavy (non-hydrogen) atoms. The Bertz CT molecular complexity index is 604. The smallest absolute Gasteiger partial charge is 0.335 e. The molecule has 0 aliphatic heterocycles. The summed E-state index contributed by atoms with van der Waals surface area (Å²) in [7, 11) is 1.61. The van der Waals surface area contributed by atoms with Gasteiger partial charge in [-0.1, -0.05) is 12.1 Å². The van der Waals surface area contributed by atoms with Crippen LogP contribution in [0.15, 0.2) is 53.6 Å². The fourth-order valence-electron chi connectivity index (χ4n) is 1.56. The molecule has 2 aromatic carbocycles. The van der Waals surface area contributed by atoms with Gasteiger partial charge in [-0.3, -0.25) is 5.43 Å². The van der Waals surface area contributed by atoms with Crippen LogP contribution < -0.4 is 10.2 Å². The molecule has 0 aliphatic rings. The average Bonchev–Trinajstić information content (AvgIpc) is 2.48. The van der Waals surface area contributed by atoms with E-state index in [1.165, 1.54) is 12.1 Å². The van der Waals surface area contributed by atoms with E-state index in [0.29, 0.717) is 0 Å². The van der Waals surface area contributed by atoms with E-state index in [-0.39, 0.29) is 5.56 Å². The monoisotopic (exact) mass is 270 g/mol. The molecule has 0 radical (unpaired) electrons. The second-order valence-electron chi connectivity index (χ2n) is 4.03. The molecule has 0 bridgehead atoms. The number of nitrogens with zero attached hydrogens (tertiary/aromatic N) is 1. The molecule has 2 aromatic rings. The topological polar surface area (TPSA) is 70.9 Å². The molecule has 2 rings (SSSR count). The third-order valence-electron chi connectivity index (χ3n) is 2.65. The van der Waals surface area contributed by atoms with Crippen molar-refractivity contribution >= 4 is 17.9 Å². The summed E-state index contributed by atoms with van der Waals surface area (Å²) >= 11 is 0. The van der Waals surface area contributed by atoms with Crippen LogP contribution in [0, 0.1) is 0 Å². The lowest BCUT2D eigenvalue weighted by atomic mass is 10.1. The van der Waals surface area contributed by atoms with E-state index in [0.717, 1.165) is 17.0 Å². The van der Waals surface area contributed by atoms with Gasteiger partial charge < -0.3 is 9.84 Å². The molecule has 0 atom stereocenters. The van der Waals surface area contributed by atoms with Crippen LogP contribution in [0.3, 0.4) is 0 Å². The third-order valence-corrected chi connectivity index (χ3v) is 2.65. The molecule has 0 saturated heterocycles. The minimum Gasteiger partial charge on any atom is -0.497 e. The maximum absolute atomic E-state index is 10.7. The molecule has 0 amide bonds. The van der Waals surface area contributed by atoms with Gasteiger partial charge in [0, 0.05) is 0 Å². The van der Waals surface area contributed by atoms with Crippen molar-refractivity contribution < 1.29 is 14.6 Å². The third kappa shape index (κ3) is 3.58. The van der Waals surface area contributed by atoms with Gasteiger partial charge in [0.1, 0.15) is 5.75 Å². The number of rotatable bonds is 5. The van der Waals surface area contributed by atoms with Gasteiger partial charge in [-0.25, -0.2) is 4.79 Å². The summed E-state index contributed by atoms with van der Waals surface area (Å²) in [6, 6.07) is 13.8. The van der Waals surface area contributed by atoms with E-state index >= 15 is 0 Å². The number of benzene rings is 2. The molecule has 2 N–H and O–H groups in total. The van der Waals surface area contributed by atoms with Crippen LogP contribution >= 0.6 is 0 Å². The second-order valence-corrected chi connectivity index (χ2v) is 4.03. The minimum atomic E-state index is -0.940. The summed E-state index contributed by atoms with van der Waals surface area (Å²) in [5.41, 5.74) is 4.79. The zero-order valence-corrected chi connectivity index (χ0v) is 10.9. The van der Waals surface area contributed by atoms with Crippen molar-refractivity contribution in [3.8, 4) is 5.75 Å². The fourth-order valence-corrected chi connectivity index (χ4v) is 1.56. The van der Waals surface area contributed by atoms with Crippen molar-refractivity contribution in [3.05, 3.63) is 59.7 Å². The van der Waals surface area contributed by atoms with E-state index in [4.69, 9.17) is 9.84 Å². The summed E-state index contributed by atoms with van der Waals surface area (Å²) in [4.78, 5) is 10.7. The summed E-state index contributed by atoms with van der Waals surface area (Å²) < 4.78 is 5.06. The number of hydrogen-bond donors (Lipinski definition) is 2. The van der Waals surface area contributed by atoms with Crippen LogP contribution in [0.2, 0.25) is 0 Å². The molecular weight excluding hydrogens is 256 g/mol. The van der Waals surface area contributed by atoms with Crippen LogP contribution in [0.1, 0.15) is 15.9 Å². The lowest BCUT2D eigenvalue weighted by Gasteiger charge is -2.02. The van der Waals surface area contributed by atoms with Gasteiger partial charge in [0.15, 0.2) is 0 Å². The molecule has 0 saturated carbocycles. The van der Waals surface area contributed by atoms with Gasteiger partial charge in [-0.2, -0.15) is 5.10 Å². The van der Waals surface area contributed by atoms with Gasteiger partial charge in [0.25, 0.3) is 0 Å². The van der Waals surface area contributed by atoms with Gasteiger partial charge in [0.2, 0.25) is 0 Å². The Labute approximate surface area is 116 Å². The van der Waals surface area contributed by atoms with E-state index in [1.54, 1.807) is 25.5 Å². The molecule has 102 valence electrons. The number of carboxylic acids is 1. The molecule has 0 fully saturated rings. The highest BCUT2D eigenvalue weighted by Gasteiger charge is 2.00. The number of aromatic carboxylic acids is 1. The molecular formula is C15H14N2O3. The SMILES string of the molecule is COc1ccc(N/N=C/c2ccc(C(=O)O)cc2)cc1. The number of ether oxygens (including phenoxy) is 1. The fraction of sp³-hybridized carbons (Fsp3) is 0.0667. The Kier molecular flexibility index (Phi) is 4.34. The lowest BCUT2D eigenvalue weighted by molar-refractivity contribution is 0.0697. The Balaban J connectivity index is 1.96. The maximum Gasteiger partial charge on any atom is 0.335 e. The molecule has 0 aromatic heterocycles. The van der Waals surface area contributed by atoms with Crippen LogP contribution in [0.25, 0.3) is 0 Å². The summed E-state index contributed by atoms with van der Waals surface area (Å²) in [5, 5.41) is 12.9. The van der Waals surface area contributed by atoms with Crippen LogP contribution in [-0.2, 0) is 0 Å². The minimum absolute atomic E-state index is 0.255. The zero-order chi connectivity index (χ0) is 14.4. The highest BCUT2D eigenvalue weighted by molar-refractivity contribution is 5.89. The highest BCUT2D eigenvalue weighted by Crippen LogP contribution is 2.14. The Morgan fingerprint density at radius 1 is 1.15 bits per heavy atom. The predicted molar refractivity (Wildman–Crippen MR) is 77.6 cm³/mol. The van der Waals surface area contributed by atoms with Crippen LogP contribution in [-0.4, -0.2) is 24.4 Å². The van der Waals surface area contributed by atoms with Gasteiger partial charge in [-0.05, 0) is 42.0 Å². The number of hydrazone groups is 1. The van der Waals surface area contributed by atoms with E-state index in [1.807, 2.05) is 24.3 Å². The zero-order valence-electron chi connectivity index (χ0n) is 10.9. The van der Waals surface area contributed by atoms with Crippen molar-refractivity contribution in [3.63, 3.8) is 0 Å². The first kappa shape index (κ1) is 13.6. The standard InChI is InChI=1S/C15H14N2O3/c1-20-14-8-6-13(7-9-14)17-16-10-11-2-4-12(5-3-11)15(18)19/h2-10,17H,1H3,(H,18,19)/b16-10+. The normalized spacial score (nSPS) is 10.4. The van der Waals surface area contributed by atoms with Crippen LogP contribution in [0.4, 0.5) is 5.69 Å². The summed E-state index contributed by atoms with van der Waals surface area (Å²) in [5.74, 6) is -0.159. The first-order valence-corrected chi connectivity index (χ1v) is 5.95. The van der Waals surface area contributed by atoms with Gasteiger partial charge in [0.05, 0.1) is 24.6 Å². The first-order valence-electron chi connectivity index (χ1n) is 5.95. The molecule has 0 aliphatic carbocycles. The number of carboxylic acid groups (broad SMARTS) is 1. The molecule has 5 nitrogen and oxygen atoms in total. The van der Waals surface area contributed by atoms with E-state index in [2.05, 4.69) is 10.5 Å². The highest BCUT2D eigenvalue weighted by atomic mass is 16.5. The Morgan fingerprint density at radius 2 is 1.80 bits per heavy atom. The van der Waals surface area contributed by atoms with Gasteiger partial charge in [-0.15, -0.1) is 0 Å². The Hall–Kier alpha value is -2.82. The molecule has 0 unspecified atom stereocenters. The van der Waals surface area contributed by atoms with Crippen molar-refractivity contribution in [2.24, 2.45) is 5.10 Å². The van der Waals surface area contributed by atoms with Gasteiger partial charge >= 0.3 is 5.97 Å². The average molecular weight is 270 g/mol. The van der Waals surface area contributed by atoms with E-state index < -0.39 is 5.97 Å². The van der Waals surface area contributed by atoms with E-state index in [9.17, 15) is 4.79 Å². The number of carbonyl (C=O) groups is 1. The largest absolute Gasteiger partial charge is 0.497 e. The quantitative estimate of drug-likeness (QED) is 0.647. The summed E-state index contributed by atoms with van der Waals surface area (Å²) in [6.07, 6.45) is 1.62. The number of nitrogens with one attached hydrogen (secondary N) is 1. The molecule has 0 heterocycles. The summed E-state index contributed by atoms with van der Waals surface area (Å²) in [6.45, 7) is 0. The lowest BCUT2D eigenvalue weighted by Crippen LogP contribution is -1.96. The second kappa shape index (κ2) is 6.38.